The van der Waals surface area contributed by atoms with Gasteiger partial charge in [-0.2, -0.15) is 0 Å². The molecule has 0 bridgehead atoms. The Kier molecular flexibility index (Phi) is 2.37. The number of benzene rings is 9. The zero-order chi connectivity index (χ0) is 56.6. The fourth-order valence-electron chi connectivity index (χ4n) is 5.19. The van der Waals surface area contributed by atoms with Gasteiger partial charge in [0.05, 0.1) is 41.1 Å². The molecule has 0 saturated heterocycles. The van der Waals surface area contributed by atoms with Gasteiger partial charge < -0.3 is 0 Å². The molecule has 0 amide bonds. The molecule has 9 rings (SSSR count). The van der Waals surface area contributed by atoms with E-state index < -0.39 is 269 Å². The van der Waals surface area contributed by atoms with E-state index in [9.17, 15) is 13.7 Å². The zero-order valence-corrected chi connectivity index (χ0v) is 23.0. The SMILES string of the molecule is [2H]c1c([2H])c([2H])c(-c2c([2H])c([2H])c3c(-c4c([2H])c([2H])c(-c5c([2H])c([2H])c6c([2H])c([2H])c([2H])c([2H])c6c5[2H])c([2H])c4[2H])c4c([2H])c([2H])c([2H])c([2H])c4c(-c4c([2H])c([2H])c([2H])c5c([2H])c([2H])c([2H])c([2H])c45)c3c2[2H])c([2H])c1[2H]. The third kappa shape index (κ3) is 4.38. The number of fused-ring (bicyclic) bond motifs is 4. The largest absolute Gasteiger partial charge is 0.0636 e. The standard InChI is InChI=1S/C46H30/c1-2-11-31(12-3-1)38-27-28-43-44(30-38)46(40-20-10-16-34-14-6-7-17-39(34)40)42-19-9-8-18-41(42)45(43)35-24-21-33(22-25-35)37-26-23-32-13-4-5-15-36(32)29-37/h1-30H/i1D,2D,3D,4D,5D,6D,7D,8D,9D,10D,11D,12D,13D,14D,15D,16D,17D,18D,19D,20D,21D,22D,23D,24D,25D,26D,27D,28D,29D,30D. The maximum absolute atomic E-state index is 10.0. The van der Waals surface area contributed by atoms with E-state index in [-0.39, 0.29) is 0 Å². The van der Waals surface area contributed by atoms with Crippen molar-refractivity contribution in [2.75, 3.05) is 0 Å². The Bertz CT molecular complexity index is 4210. The highest BCUT2D eigenvalue weighted by molar-refractivity contribution is 6.24. The molecular weight excluding hydrogens is 553 g/mol. The van der Waals surface area contributed by atoms with Crippen molar-refractivity contribution in [1.82, 2.24) is 0 Å². The quantitative estimate of drug-likeness (QED) is 0.173. The van der Waals surface area contributed by atoms with Gasteiger partial charge in [-0.3, -0.25) is 0 Å². The minimum atomic E-state index is -1.17. The second-order valence-electron chi connectivity index (χ2n) is 9.75. The van der Waals surface area contributed by atoms with Crippen LogP contribution in [0.5, 0.6) is 0 Å². The van der Waals surface area contributed by atoms with E-state index in [1.54, 1.807) is 0 Å². The van der Waals surface area contributed by atoms with Gasteiger partial charge in [-0.25, -0.2) is 0 Å². The van der Waals surface area contributed by atoms with Crippen LogP contribution in [-0.2, 0) is 0 Å². The molecular formula is C46H30. The molecule has 0 spiro atoms. The van der Waals surface area contributed by atoms with Gasteiger partial charge in [0.2, 0.25) is 0 Å². The molecule has 0 heteroatoms. The predicted octanol–water partition coefficient (Wildman–Crippen LogP) is 13.0. The Morgan fingerprint density at radius 3 is 1.59 bits per heavy atom. The summed E-state index contributed by atoms with van der Waals surface area (Å²) in [6, 6.07) is -30.0. The Labute approximate surface area is 311 Å². The zero-order valence-electron chi connectivity index (χ0n) is 53.0. The van der Waals surface area contributed by atoms with Crippen LogP contribution in [0.25, 0.3) is 87.6 Å². The van der Waals surface area contributed by atoms with Crippen LogP contribution in [0.4, 0.5) is 0 Å². The summed E-state index contributed by atoms with van der Waals surface area (Å²) in [6.45, 7) is 0. The Morgan fingerprint density at radius 2 is 0.783 bits per heavy atom. The van der Waals surface area contributed by atoms with Crippen molar-refractivity contribution < 1.29 is 41.1 Å². The molecule has 0 nitrogen and oxygen atoms in total. The van der Waals surface area contributed by atoms with E-state index in [4.69, 9.17) is 27.4 Å². The lowest BCUT2D eigenvalue weighted by molar-refractivity contribution is 1.62. The molecule has 0 N–H and O–H groups in total. The predicted molar refractivity (Wildman–Crippen MR) is 198 cm³/mol. The maximum Gasteiger partial charge on any atom is 0.0636 e. The Balaban J connectivity index is 1.63. The molecule has 9 aromatic carbocycles. The van der Waals surface area contributed by atoms with Crippen molar-refractivity contribution in [3.05, 3.63) is 181 Å². The molecule has 0 aliphatic carbocycles. The normalized spacial score (nSPS) is 20.6. The molecule has 0 aliphatic rings. The van der Waals surface area contributed by atoms with Crippen LogP contribution in [0, 0.1) is 0 Å². The summed E-state index contributed by atoms with van der Waals surface area (Å²) in [5, 5.41) is -6.04. The third-order valence-electron chi connectivity index (χ3n) is 7.19. The minimum Gasteiger partial charge on any atom is -0.0622 e. The van der Waals surface area contributed by atoms with Crippen molar-refractivity contribution in [2.45, 2.75) is 0 Å². The average Bonchev–Trinajstić information content (AvgIpc) is 3.39. The highest BCUT2D eigenvalue weighted by Gasteiger charge is 2.19. The lowest BCUT2D eigenvalue weighted by atomic mass is 9.83. The van der Waals surface area contributed by atoms with Crippen molar-refractivity contribution in [2.24, 2.45) is 0 Å². The lowest BCUT2D eigenvalue weighted by Crippen LogP contribution is -1.92. The van der Waals surface area contributed by atoms with Crippen LogP contribution in [0.3, 0.4) is 0 Å². The summed E-state index contributed by atoms with van der Waals surface area (Å²) in [7, 11) is 0. The summed E-state index contributed by atoms with van der Waals surface area (Å²) in [6.07, 6.45) is 0. The molecule has 9 aromatic rings. The van der Waals surface area contributed by atoms with Gasteiger partial charge >= 0.3 is 0 Å². The van der Waals surface area contributed by atoms with E-state index in [1.165, 1.54) is 0 Å². The monoisotopic (exact) mass is 612 g/mol. The molecule has 0 fully saturated rings. The van der Waals surface area contributed by atoms with E-state index in [1.807, 2.05) is 0 Å². The molecule has 0 atom stereocenters. The van der Waals surface area contributed by atoms with Gasteiger partial charge in [0.15, 0.2) is 0 Å². The van der Waals surface area contributed by atoms with Gasteiger partial charge in [0.1, 0.15) is 0 Å². The van der Waals surface area contributed by atoms with Crippen LogP contribution < -0.4 is 0 Å². The second kappa shape index (κ2) is 10.9. The number of rotatable bonds is 4. The first-order valence-electron chi connectivity index (χ1n) is 28.5. The Morgan fingerprint density at radius 1 is 0.261 bits per heavy atom. The minimum absolute atomic E-state index is 0.568. The smallest absolute Gasteiger partial charge is 0.0622 e. The molecule has 0 aromatic heterocycles. The van der Waals surface area contributed by atoms with E-state index in [0.29, 0.717) is 0 Å². The highest BCUT2D eigenvalue weighted by atomic mass is 14.2. The average molecular weight is 613 g/mol. The Hall–Kier alpha value is -5.98. The van der Waals surface area contributed by atoms with Crippen molar-refractivity contribution in [1.29, 1.82) is 0 Å². The van der Waals surface area contributed by atoms with Crippen LogP contribution in [0.1, 0.15) is 41.1 Å². The van der Waals surface area contributed by atoms with Gasteiger partial charge in [0.25, 0.3) is 0 Å². The third-order valence-corrected chi connectivity index (χ3v) is 7.19. The van der Waals surface area contributed by atoms with E-state index in [2.05, 4.69) is 0 Å². The van der Waals surface area contributed by atoms with Crippen LogP contribution in [-0.4, -0.2) is 0 Å². The summed E-state index contributed by atoms with van der Waals surface area (Å²) in [4.78, 5) is 0. The van der Waals surface area contributed by atoms with Gasteiger partial charge in [-0.05, 0) is 99.7 Å². The highest BCUT2D eigenvalue weighted by Crippen LogP contribution is 2.46. The summed E-state index contributed by atoms with van der Waals surface area (Å²) >= 11 is 0. The summed E-state index contributed by atoms with van der Waals surface area (Å²) in [5.74, 6) is 0. The molecule has 46 heavy (non-hydrogen) atoms. The van der Waals surface area contributed by atoms with Crippen LogP contribution >= 0.6 is 0 Å². The fraction of sp³-hybridized carbons (Fsp3) is 0. The number of hydrogen-bond acceptors (Lipinski definition) is 0. The summed E-state index contributed by atoms with van der Waals surface area (Å²) in [5.41, 5.74) is -6.94. The van der Waals surface area contributed by atoms with Gasteiger partial charge in [-0.15, -0.1) is 0 Å². The topological polar surface area (TPSA) is 0 Å². The second-order valence-corrected chi connectivity index (χ2v) is 9.75. The first-order chi connectivity index (χ1) is 35.3. The van der Waals surface area contributed by atoms with E-state index >= 15 is 0 Å². The van der Waals surface area contributed by atoms with E-state index in [0.717, 1.165) is 0 Å². The summed E-state index contributed by atoms with van der Waals surface area (Å²) < 4.78 is 270. The first-order valence-corrected chi connectivity index (χ1v) is 13.5. The van der Waals surface area contributed by atoms with Gasteiger partial charge in [0, 0.05) is 0 Å². The maximum atomic E-state index is 10.0. The lowest BCUT2D eigenvalue weighted by Gasteiger charge is -2.20. The van der Waals surface area contributed by atoms with Gasteiger partial charge in [-0.1, -0.05) is 169 Å². The van der Waals surface area contributed by atoms with Crippen molar-refractivity contribution in [3.8, 4) is 44.5 Å². The molecule has 0 heterocycles. The number of hydrogen-bond donors (Lipinski definition) is 0. The fourth-order valence-corrected chi connectivity index (χ4v) is 5.19. The molecule has 0 saturated carbocycles. The molecule has 0 radical (unpaired) electrons. The first kappa shape index (κ1) is 10.0. The van der Waals surface area contributed by atoms with Crippen LogP contribution in [0.2, 0.25) is 0 Å². The van der Waals surface area contributed by atoms with Crippen LogP contribution in [0.15, 0.2) is 181 Å². The van der Waals surface area contributed by atoms with Crippen molar-refractivity contribution >= 4 is 43.1 Å². The molecule has 0 unspecified atom stereocenters. The molecule has 214 valence electrons. The molecule has 0 aliphatic heterocycles. The van der Waals surface area contributed by atoms with Crippen molar-refractivity contribution in [3.63, 3.8) is 0 Å².